The lowest BCUT2D eigenvalue weighted by Gasteiger charge is -2.18. The average Bonchev–Trinajstić information content (AvgIpc) is 2.31. The van der Waals surface area contributed by atoms with Crippen LogP contribution in [-0.2, 0) is 4.79 Å². The zero-order valence-electron chi connectivity index (χ0n) is 8.28. The van der Waals surface area contributed by atoms with Gasteiger partial charge in [0.25, 0.3) is 5.91 Å². The van der Waals surface area contributed by atoms with E-state index in [9.17, 15) is 13.6 Å². The van der Waals surface area contributed by atoms with Crippen molar-refractivity contribution >= 4 is 5.91 Å². The van der Waals surface area contributed by atoms with Gasteiger partial charge in [0.2, 0.25) is 0 Å². The Labute approximate surface area is 82.2 Å². The number of carbonyl (C=O) groups excluding carboxylic acids is 1. The third-order valence-electron chi connectivity index (χ3n) is 2.31. The van der Waals surface area contributed by atoms with Gasteiger partial charge in [-0.25, -0.2) is 0 Å². The summed E-state index contributed by atoms with van der Waals surface area (Å²) in [5, 5.41) is 5.52. The van der Waals surface area contributed by atoms with Crippen LogP contribution in [0.25, 0.3) is 0 Å². The second kappa shape index (κ2) is 4.68. The molecular weight excluding hydrogens is 190 g/mol. The molecule has 1 atom stereocenters. The normalized spacial score (nSPS) is 24.1. The van der Waals surface area contributed by atoms with Crippen molar-refractivity contribution in [2.75, 3.05) is 13.1 Å². The summed E-state index contributed by atoms with van der Waals surface area (Å²) in [6.07, 6.45) is 2.41. The smallest absolute Gasteiger partial charge is 0.321 e. The van der Waals surface area contributed by atoms with Gasteiger partial charge in [-0.15, -0.1) is 0 Å². The fourth-order valence-electron chi connectivity index (χ4n) is 1.48. The third-order valence-corrected chi connectivity index (χ3v) is 2.31. The lowest BCUT2D eigenvalue weighted by molar-refractivity contribution is -0.143. The molecule has 0 aliphatic carbocycles. The van der Waals surface area contributed by atoms with Gasteiger partial charge in [-0.2, -0.15) is 8.78 Å². The van der Waals surface area contributed by atoms with Gasteiger partial charge in [0.1, 0.15) is 0 Å². The number of nitrogens with one attached hydrogen (secondary N) is 2. The van der Waals surface area contributed by atoms with E-state index in [1.54, 1.807) is 0 Å². The van der Waals surface area contributed by atoms with Gasteiger partial charge in [0, 0.05) is 13.0 Å². The molecule has 5 heteroatoms. The van der Waals surface area contributed by atoms with E-state index in [4.69, 9.17) is 0 Å². The van der Waals surface area contributed by atoms with Crippen molar-refractivity contribution in [1.82, 2.24) is 10.6 Å². The summed E-state index contributed by atoms with van der Waals surface area (Å²) < 4.78 is 25.1. The van der Waals surface area contributed by atoms with Crippen LogP contribution < -0.4 is 10.6 Å². The van der Waals surface area contributed by atoms with Crippen LogP contribution >= 0.6 is 0 Å². The van der Waals surface area contributed by atoms with Crippen molar-refractivity contribution in [1.29, 1.82) is 0 Å². The second-order valence-corrected chi connectivity index (χ2v) is 3.74. The molecule has 1 aliphatic heterocycles. The van der Waals surface area contributed by atoms with Crippen LogP contribution in [0.5, 0.6) is 0 Å². The summed E-state index contributed by atoms with van der Waals surface area (Å²) in [4.78, 5) is 11.0. The Bertz CT molecular complexity index is 195. The van der Waals surface area contributed by atoms with Gasteiger partial charge in [-0.1, -0.05) is 0 Å². The first-order chi connectivity index (χ1) is 6.50. The number of halogens is 2. The van der Waals surface area contributed by atoms with Crippen LogP contribution in [0.2, 0.25) is 0 Å². The monoisotopic (exact) mass is 206 g/mol. The maximum absolute atomic E-state index is 12.5. The van der Waals surface area contributed by atoms with Crippen LogP contribution in [0.4, 0.5) is 8.78 Å². The van der Waals surface area contributed by atoms with Crippen molar-refractivity contribution in [3.8, 4) is 0 Å². The summed E-state index contributed by atoms with van der Waals surface area (Å²) >= 11 is 0. The predicted molar refractivity (Wildman–Crippen MR) is 49.3 cm³/mol. The van der Waals surface area contributed by atoms with Gasteiger partial charge < -0.3 is 10.6 Å². The first-order valence-corrected chi connectivity index (χ1v) is 4.89. The molecule has 82 valence electrons. The molecule has 0 aromatic heterocycles. The Morgan fingerprint density at radius 3 is 2.79 bits per heavy atom. The lowest BCUT2D eigenvalue weighted by Crippen LogP contribution is -2.44. The summed E-state index contributed by atoms with van der Waals surface area (Å²) in [6, 6.07) is -0.108. The second-order valence-electron chi connectivity index (χ2n) is 3.74. The SMILES string of the molecule is CC(F)(F)C(=O)NC1CCCNCC1. The van der Waals surface area contributed by atoms with Crippen LogP contribution in [-0.4, -0.2) is 31.0 Å². The minimum atomic E-state index is -3.26. The van der Waals surface area contributed by atoms with Gasteiger partial charge >= 0.3 is 5.92 Å². The molecule has 1 rings (SSSR count). The van der Waals surface area contributed by atoms with Gasteiger partial charge in [0.15, 0.2) is 0 Å². The molecule has 0 bridgehead atoms. The fraction of sp³-hybridized carbons (Fsp3) is 0.889. The molecule has 1 heterocycles. The first-order valence-electron chi connectivity index (χ1n) is 4.89. The van der Waals surface area contributed by atoms with E-state index >= 15 is 0 Å². The molecule has 3 nitrogen and oxygen atoms in total. The maximum atomic E-state index is 12.5. The van der Waals surface area contributed by atoms with Crippen LogP contribution in [0.3, 0.4) is 0 Å². The van der Waals surface area contributed by atoms with E-state index in [1.807, 2.05) is 0 Å². The van der Waals surface area contributed by atoms with Crippen molar-refractivity contribution < 1.29 is 13.6 Å². The Hall–Kier alpha value is -0.710. The lowest BCUT2D eigenvalue weighted by atomic mass is 10.1. The van der Waals surface area contributed by atoms with E-state index in [0.29, 0.717) is 6.92 Å². The van der Waals surface area contributed by atoms with Crippen molar-refractivity contribution in [2.24, 2.45) is 0 Å². The summed E-state index contributed by atoms with van der Waals surface area (Å²) in [7, 11) is 0. The molecule has 1 fully saturated rings. The highest BCUT2D eigenvalue weighted by Gasteiger charge is 2.33. The average molecular weight is 206 g/mol. The molecule has 0 radical (unpaired) electrons. The highest BCUT2D eigenvalue weighted by Crippen LogP contribution is 2.13. The van der Waals surface area contributed by atoms with Crippen molar-refractivity contribution in [2.45, 2.75) is 38.2 Å². The van der Waals surface area contributed by atoms with Crippen LogP contribution in [0, 0.1) is 0 Å². The zero-order chi connectivity index (χ0) is 10.6. The molecule has 1 saturated heterocycles. The zero-order valence-corrected chi connectivity index (χ0v) is 8.28. The minimum Gasteiger partial charge on any atom is -0.348 e. The molecular formula is C9H16F2N2O. The Morgan fingerprint density at radius 2 is 2.14 bits per heavy atom. The number of rotatable bonds is 2. The Kier molecular flexibility index (Phi) is 3.80. The molecule has 1 aliphatic rings. The molecule has 1 amide bonds. The fourth-order valence-corrected chi connectivity index (χ4v) is 1.48. The Morgan fingerprint density at radius 1 is 1.43 bits per heavy atom. The Balaban J connectivity index is 2.38. The molecule has 0 spiro atoms. The standard InChI is InChI=1S/C9H16F2N2O/c1-9(10,11)8(14)13-7-3-2-5-12-6-4-7/h7,12H,2-6H2,1H3,(H,13,14). The quantitative estimate of drug-likeness (QED) is 0.704. The minimum absolute atomic E-state index is 0.108. The van der Waals surface area contributed by atoms with Crippen molar-refractivity contribution in [3.05, 3.63) is 0 Å². The van der Waals surface area contributed by atoms with E-state index in [2.05, 4.69) is 10.6 Å². The number of carbonyl (C=O) groups is 1. The van der Waals surface area contributed by atoms with Gasteiger partial charge in [-0.3, -0.25) is 4.79 Å². The summed E-state index contributed by atoms with van der Waals surface area (Å²) in [5.74, 6) is -4.43. The molecule has 14 heavy (non-hydrogen) atoms. The summed E-state index contributed by atoms with van der Waals surface area (Å²) in [6.45, 7) is 2.30. The van der Waals surface area contributed by atoms with Crippen LogP contribution in [0.1, 0.15) is 26.2 Å². The summed E-state index contributed by atoms with van der Waals surface area (Å²) in [5.41, 5.74) is 0. The highest BCUT2D eigenvalue weighted by atomic mass is 19.3. The molecule has 1 unspecified atom stereocenters. The number of hydrogen-bond donors (Lipinski definition) is 2. The van der Waals surface area contributed by atoms with Gasteiger partial charge in [-0.05, 0) is 32.4 Å². The van der Waals surface area contributed by atoms with Crippen LogP contribution in [0.15, 0.2) is 0 Å². The largest absolute Gasteiger partial charge is 0.348 e. The van der Waals surface area contributed by atoms with Gasteiger partial charge in [0.05, 0.1) is 0 Å². The molecule has 2 N–H and O–H groups in total. The number of hydrogen-bond acceptors (Lipinski definition) is 2. The molecule has 0 aromatic rings. The number of alkyl halides is 2. The van der Waals surface area contributed by atoms with E-state index in [-0.39, 0.29) is 6.04 Å². The third kappa shape index (κ3) is 3.57. The molecule has 0 saturated carbocycles. The maximum Gasteiger partial charge on any atom is 0.321 e. The molecule has 0 aromatic carbocycles. The topological polar surface area (TPSA) is 41.1 Å². The van der Waals surface area contributed by atoms with E-state index < -0.39 is 11.8 Å². The predicted octanol–water partition coefficient (Wildman–Crippen LogP) is 0.900. The van der Waals surface area contributed by atoms with E-state index in [1.165, 1.54) is 0 Å². The van der Waals surface area contributed by atoms with E-state index in [0.717, 1.165) is 32.4 Å². The van der Waals surface area contributed by atoms with Crippen molar-refractivity contribution in [3.63, 3.8) is 0 Å². The highest BCUT2D eigenvalue weighted by molar-refractivity contribution is 5.83. The number of amides is 1. The first kappa shape index (κ1) is 11.4.